The van der Waals surface area contributed by atoms with E-state index in [9.17, 15) is 9.59 Å². The van der Waals surface area contributed by atoms with Gasteiger partial charge in [-0.05, 0) is 25.0 Å². The fourth-order valence-electron chi connectivity index (χ4n) is 2.95. The van der Waals surface area contributed by atoms with Gasteiger partial charge in [-0.1, -0.05) is 0 Å². The lowest BCUT2D eigenvalue weighted by Crippen LogP contribution is -2.36. The Balaban J connectivity index is 1.48. The number of fused-ring (bicyclic) bond motifs is 1. The lowest BCUT2D eigenvalue weighted by molar-refractivity contribution is -0.121. The van der Waals surface area contributed by atoms with Crippen molar-refractivity contribution in [2.75, 3.05) is 18.0 Å². The minimum absolute atomic E-state index is 0.182. The number of hydrogen-bond acceptors (Lipinski definition) is 7. The molecule has 2 aromatic rings. The molecule has 2 aliphatic heterocycles. The van der Waals surface area contributed by atoms with Crippen molar-refractivity contribution < 1.29 is 9.59 Å². The zero-order valence-corrected chi connectivity index (χ0v) is 13.6. The van der Waals surface area contributed by atoms with E-state index in [0.29, 0.717) is 23.6 Å². The number of anilines is 1. The molecule has 130 valence electrons. The van der Waals surface area contributed by atoms with Crippen molar-refractivity contribution in [2.24, 2.45) is 5.10 Å². The second-order valence-corrected chi connectivity index (χ2v) is 6.05. The normalized spacial score (nSPS) is 17.5. The van der Waals surface area contributed by atoms with E-state index in [2.05, 4.69) is 36.0 Å². The van der Waals surface area contributed by atoms with Crippen molar-refractivity contribution in [2.45, 2.75) is 32.2 Å². The Morgan fingerprint density at radius 1 is 1.20 bits per heavy atom. The largest absolute Gasteiger partial charge is 0.355 e. The van der Waals surface area contributed by atoms with Crippen molar-refractivity contribution >= 4 is 29.0 Å². The molecule has 25 heavy (non-hydrogen) atoms. The van der Waals surface area contributed by atoms with Crippen molar-refractivity contribution in [1.29, 1.82) is 0 Å². The summed E-state index contributed by atoms with van der Waals surface area (Å²) in [5.74, 6) is 0.924. The highest BCUT2D eigenvalue weighted by atomic mass is 16.2. The van der Waals surface area contributed by atoms with E-state index < -0.39 is 0 Å². The second-order valence-electron chi connectivity index (χ2n) is 6.05. The minimum atomic E-state index is -0.326. The van der Waals surface area contributed by atoms with Crippen LogP contribution in [-0.2, 0) is 16.1 Å². The van der Waals surface area contributed by atoms with E-state index in [-0.39, 0.29) is 24.8 Å². The number of hydrogen-bond donors (Lipinski definition) is 2. The predicted molar refractivity (Wildman–Crippen MR) is 88.9 cm³/mol. The van der Waals surface area contributed by atoms with Crippen molar-refractivity contribution in [3.8, 4) is 0 Å². The molecule has 0 bridgehead atoms. The monoisotopic (exact) mass is 342 g/mol. The molecule has 1 fully saturated rings. The Kier molecular flexibility index (Phi) is 4.00. The average Bonchev–Trinajstić information content (AvgIpc) is 3.30. The molecule has 0 radical (unpaired) electrons. The van der Waals surface area contributed by atoms with Crippen LogP contribution < -0.4 is 15.6 Å². The van der Waals surface area contributed by atoms with Crippen LogP contribution in [0.4, 0.5) is 5.82 Å². The Hall–Kier alpha value is -3.04. The standard InChI is InChI=1S/C15H18N8O2/c24-14-6-3-10(17-20-14)15(25)16-9-13-19-18-11-4-5-12(21-23(11)13)22-7-1-2-8-22/h4-5H,1-3,6-9H2,(H,16,25)(H,20,24). The molecule has 1 saturated heterocycles. The molecular formula is C15H18N8O2. The average molecular weight is 342 g/mol. The van der Waals surface area contributed by atoms with Crippen LogP contribution in [0.1, 0.15) is 31.5 Å². The smallest absolute Gasteiger partial charge is 0.267 e. The van der Waals surface area contributed by atoms with Gasteiger partial charge in [-0.3, -0.25) is 9.59 Å². The highest BCUT2D eigenvalue weighted by Gasteiger charge is 2.19. The fourth-order valence-corrected chi connectivity index (χ4v) is 2.95. The summed E-state index contributed by atoms with van der Waals surface area (Å²) in [6.07, 6.45) is 2.93. The van der Waals surface area contributed by atoms with Gasteiger partial charge >= 0.3 is 0 Å². The highest BCUT2D eigenvalue weighted by Crippen LogP contribution is 2.18. The van der Waals surface area contributed by atoms with Crippen LogP contribution in [0.15, 0.2) is 17.2 Å². The minimum Gasteiger partial charge on any atom is -0.355 e. The molecule has 2 N–H and O–H groups in total. The second kappa shape index (κ2) is 6.46. The molecule has 10 nitrogen and oxygen atoms in total. The number of hydrazone groups is 1. The van der Waals surface area contributed by atoms with Gasteiger partial charge in [-0.2, -0.15) is 9.62 Å². The zero-order chi connectivity index (χ0) is 17.2. The molecule has 0 unspecified atom stereocenters. The van der Waals surface area contributed by atoms with Gasteiger partial charge in [0, 0.05) is 25.9 Å². The van der Waals surface area contributed by atoms with Gasteiger partial charge in [0.05, 0.1) is 6.54 Å². The number of rotatable bonds is 4. The molecule has 10 heteroatoms. The van der Waals surface area contributed by atoms with E-state index in [4.69, 9.17) is 0 Å². The summed E-state index contributed by atoms with van der Waals surface area (Å²) in [6.45, 7) is 2.18. The third kappa shape index (κ3) is 3.14. The van der Waals surface area contributed by atoms with Gasteiger partial charge in [0.1, 0.15) is 11.5 Å². The number of carbonyl (C=O) groups excluding carboxylic acids is 2. The summed E-state index contributed by atoms with van der Waals surface area (Å²) in [5, 5.41) is 19.3. The van der Waals surface area contributed by atoms with Gasteiger partial charge in [0.25, 0.3) is 5.91 Å². The molecule has 2 aromatic heterocycles. The summed E-state index contributed by atoms with van der Waals surface area (Å²) >= 11 is 0. The van der Waals surface area contributed by atoms with Gasteiger partial charge in [0.15, 0.2) is 11.5 Å². The summed E-state index contributed by atoms with van der Waals surface area (Å²) < 4.78 is 1.65. The Labute approximate surface area is 143 Å². The predicted octanol–water partition coefficient (Wildman–Crippen LogP) is -0.393. The first-order chi connectivity index (χ1) is 12.2. The topological polar surface area (TPSA) is 117 Å². The molecule has 4 heterocycles. The summed E-state index contributed by atoms with van der Waals surface area (Å²) in [7, 11) is 0. The number of nitrogens with one attached hydrogen (secondary N) is 2. The Morgan fingerprint density at radius 3 is 2.80 bits per heavy atom. The SMILES string of the molecule is O=C1CCC(C(=O)NCc2nnc3ccc(N4CCCC4)nn23)=NN1. The van der Waals surface area contributed by atoms with Crippen LogP contribution in [0.5, 0.6) is 0 Å². The quantitative estimate of drug-likeness (QED) is 0.781. The van der Waals surface area contributed by atoms with Crippen LogP contribution in [0, 0.1) is 0 Å². The third-order valence-corrected chi connectivity index (χ3v) is 4.32. The molecule has 2 aliphatic rings. The highest BCUT2D eigenvalue weighted by molar-refractivity contribution is 6.39. The molecule has 0 spiro atoms. The van der Waals surface area contributed by atoms with E-state index in [1.807, 2.05) is 12.1 Å². The van der Waals surface area contributed by atoms with Crippen LogP contribution in [0.2, 0.25) is 0 Å². The third-order valence-electron chi connectivity index (χ3n) is 4.32. The summed E-state index contributed by atoms with van der Waals surface area (Å²) in [4.78, 5) is 25.4. The van der Waals surface area contributed by atoms with Gasteiger partial charge in [-0.25, -0.2) is 5.43 Å². The van der Waals surface area contributed by atoms with E-state index >= 15 is 0 Å². The molecule has 0 atom stereocenters. The maximum absolute atomic E-state index is 12.1. The first-order valence-corrected chi connectivity index (χ1v) is 8.30. The number of carbonyl (C=O) groups is 2. The maximum Gasteiger partial charge on any atom is 0.267 e. The number of aromatic nitrogens is 4. The van der Waals surface area contributed by atoms with E-state index in [1.54, 1.807) is 4.52 Å². The first kappa shape index (κ1) is 15.5. The van der Waals surface area contributed by atoms with Gasteiger partial charge < -0.3 is 10.2 Å². The van der Waals surface area contributed by atoms with Gasteiger partial charge in [0.2, 0.25) is 5.91 Å². The first-order valence-electron chi connectivity index (χ1n) is 8.30. The van der Waals surface area contributed by atoms with Crippen molar-refractivity contribution in [1.82, 2.24) is 30.6 Å². The van der Waals surface area contributed by atoms with Crippen LogP contribution in [-0.4, -0.2) is 50.4 Å². The molecule has 0 aliphatic carbocycles. The molecule has 2 amide bonds. The number of nitrogens with zero attached hydrogens (tertiary/aromatic N) is 6. The Morgan fingerprint density at radius 2 is 2.04 bits per heavy atom. The molecule has 4 rings (SSSR count). The zero-order valence-electron chi connectivity index (χ0n) is 13.6. The van der Waals surface area contributed by atoms with Crippen LogP contribution in [0.3, 0.4) is 0 Å². The lowest BCUT2D eigenvalue weighted by Gasteiger charge is -2.16. The summed E-state index contributed by atoms with van der Waals surface area (Å²) in [5.41, 5.74) is 3.25. The molecule has 0 saturated carbocycles. The van der Waals surface area contributed by atoms with Crippen molar-refractivity contribution in [3.05, 3.63) is 18.0 Å². The van der Waals surface area contributed by atoms with Crippen LogP contribution in [0.25, 0.3) is 5.65 Å². The van der Waals surface area contributed by atoms with Crippen LogP contribution >= 0.6 is 0 Å². The maximum atomic E-state index is 12.1. The molecular weight excluding hydrogens is 324 g/mol. The van der Waals surface area contributed by atoms with E-state index in [0.717, 1.165) is 18.9 Å². The van der Waals surface area contributed by atoms with Gasteiger partial charge in [-0.15, -0.1) is 15.3 Å². The Bertz CT molecular complexity index is 852. The fraction of sp³-hybridized carbons (Fsp3) is 0.467. The number of amides is 2. The lowest BCUT2D eigenvalue weighted by atomic mass is 10.1. The van der Waals surface area contributed by atoms with E-state index in [1.165, 1.54) is 12.8 Å². The molecule has 0 aromatic carbocycles. The van der Waals surface area contributed by atoms with Crippen molar-refractivity contribution in [3.63, 3.8) is 0 Å². The summed E-state index contributed by atoms with van der Waals surface area (Å²) in [6, 6.07) is 3.82.